The number of ether oxygens (including phenoxy) is 1. The smallest absolute Gasteiger partial charge is 0.330 e. The van der Waals surface area contributed by atoms with Crippen molar-refractivity contribution in [3.63, 3.8) is 0 Å². The standard InChI is InChI=1S/C20H18BrNO4S/c1-3-26-19(23)12-9-15-13-22(18-6-4-5-17(21)20(15)18)27(24,25)16-10-7-14(2)8-11-16/h4-13H,3H2,1-2H3/b12-9+. The first-order chi connectivity index (χ1) is 12.8. The van der Waals surface area contributed by atoms with Crippen LogP contribution < -0.4 is 0 Å². The number of halogens is 1. The minimum Gasteiger partial charge on any atom is -0.463 e. The predicted molar refractivity (Wildman–Crippen MR) is 109 cm³/mol. The molecule has 3 rings (SSSR count). The number of fused-ring (bicyclic) bond motifs is 1. The molecule has 0 N–H and O–H groups in total. The Bertz CT molecular complexity index is 1130. The molecule has 1 heterocycles. The zero-order valence-electron chi connectivity index (χ0n) is 14.8. The van der Waals surface area contributed by atoms with E-state index in [9.17, 15) is 13.2 Å². The highest BCUT2D eigenvalue weighted by Gasteiger charge is 2.21. The lowest BCUT2D eigenvalue weighted by atomic mass is 10.1. The SMILES string of the molecule is CCOC(=O)/C=C/c1cn(S(=O)(=O)c2ccc(C)cc2)c2cccc(Br)c12. The van der Waals surface area contributed by atoms with Crippen molar-refractivity contribution in [3.8, 4) is 0 Å². The van der Waals surface area contributed by atoms with E-state index in [2.05, 4.69) is 15.9 Å². The monoisotopic (exact) mass is 447 g/mol. The average Bonchev–Trinajstić information content (AvgIpc) is 3.01. The van der Waals surface area contributed by atoms with E-state index in [0.717, 1.165) is 10.0 Å². The normalized spacial score (nSPS) is 12.0. The van der Waals surface area contributed by atoms with E-state index >= 15 is 0 Å². The Morgan fingerprint density at radius 1 is 1.19 bits per heavy atom. The molecule has 3 aromatic rings. The van der Waals surface area contributed by atoms with Crippen LogP contribution in [0.1, 0.15) is 18.1 Å². The largest absolute Gasteiger partial charge is 0.463 e. The second-order valence-corrected chi connectivity index (χ2v) is 8.59. The fourth-order valence-corrected chi connectivity index (χ4v) is 4.70. The van der Waals surface area contributed by atoms with Gasteiger partial charge in [-0.1, -0.05) is 39.7 Å². The number of hydrogen-bond donors (Lipinski definition) is 0. The van der Waals surface area contributed by atoms with Gasteiger partial charge >= 0.3 is 5.97 Å². The molecule has 7 heteroatoms. The minimum absolute atomic E-state index is 0.200. The predicted octanol–water partition coefficient (Wildman–Crippen LogP) is 4.53. The number of aromatic nitrogens is 1. The summed E-state index contributed by atoms with van der Waals surface area (Å²) in [5.41, 5.74) is 2.10. The Kier molecular flexibility index (Phi) is 5.53. The van der Waals surface area contributed by atoms with Crippen molar-refractivity contribution in [3.05, 3.63) is 70.3 Å². The molecule has 0 aliphatic heterocycles. The van der Waals surface area contributed by atoms with Crippen LogP contribution in [-0.4, -0.2) is 25.0 Å². The van der Waals surface area contributed by atoms with Crippen LogP contribution in [0.5, 0.6) is 0 Å². The summed E-state index contributed by atoms with van der Waals surface area (Å²) in [5.74, 6) is -0.480. The van der Waals surface area contributed by atoms with Crippen LogP contribution in [0, 0.1) is 6.92 Å². The summed E-state index contributed by atoms with van der Waals surface area (Å²) in [4.78, 5) is 11.8. The molecule has 5 nitrogen and oxygen atoms in total. The number of benzene rings is 2. The van der Waals surface area contributed by atoms with Crippen LogP contribution in [0.2, 0.25) is 0 Å². The molecule has 1 aromatic heterocycles. The molecular formula is C20H18BrNO4S. The molecule has 0 saturated carbocycles. The number of carbonyl (C=O) groups excluding carboxylic acids is 1. The first-order valence-corrected chi connectivity index (χ1v) is 10.5. The fraction of sp³-hybridized carbons (Fsp3) is 0.150. The highest BCUT2D eigenvalue weighted by Crippen LogP contribution is 2.32. The van der Waals surface area contributed by atoms with Gasteiger partial charge < -0.3 is 4.74 Å². The lowest BCUT2D eigenvalue weighted by Gasteiger charge is -2.08. The quantitative estimate of drug-likeness (QED) is 0.425. The molecule has 0 fully saturated rings. The van der Waals surface area contributed by atoms with Crippen molar-refractivity contribution in [2.75, 3.05) is 6.61 Å². The lowest BCUT2D eigenvalue weighted by molar-refractivity contribution is -0.137. The zero-order chi connectivity index (χ0) is 19.6. The van der Waals surface area contributed by atoms with Crippen molar-refractivity contribution < 1.29 is 17.9 Å². The Morgan fingerprint density at radius 2 is 1.89 bits per heavy atom. The summed E-state index contributed by atoms with van der Waals surface area (Å²) < 4.78 is 33.2. The number of hydrogen-bond acceptors (Lipinski definition) is 4. The van der Waals surface area contributed by atoms with Gasteiger partial charge in [-0.05, 0) is 44.2 Å². The molecule has 0 spiro atoms. The first kappa shape index (κ1) is 19.4. The van der Waals surface area contributed by atoms with Gasteiger partial charge in [0.1, 0.15) is 0 Å². The molecule has 0 aliphatic rings. The number of carbonyl (C=O) groups is 1. The van der Waals surface area contributed by atoms with Gasteiger partial charge in [-0.15, -0.1) is 0 Å². The summed E-state index contributed by atoms with van der Waals surface area (Å²) in [6.07, 6.45) is 4.37. The summed E-state index contributed by atoms with van der Waals surface area (Å²) in [7, 11) is -3.78. The van der Waals surface area contributed by atoms with Gasteiger partial charge in [0.2, 0.25) is 0 Å². The molecule has 2 aromatic carbocycles. The Labute approximate surface area is 166 Å². The van der Waals surface area contributed by atoms with Crippen LogP contribution in [-0.2, 0) is 19.6 Å². The van der Waals surface area contributed by atoms with Crippen molar-refractivity contribution in [2.45, 2.75) is 18.7 Å². The number of nitrogens with zero attached hydrogens (tertiary/aromatic N) is 1. The van der Waals surface area contributed by atoms with Crippen molar-refractivity contribution in [2.24, 2.45) is 0 Å². The van der Waals surface area contributed by atoms with Gasteiger partial charge in [-0.25, -0.2) is 17.2 Å². The molecule has 0 radical (unpaired) electrons. The van der Waals surface area contributed by atoms with Crippen molar-refractivity contribution >= 4 is 48.9 Å². The van der Waals surface area contributed by atoms with E-state index in [0.29, 0.717) is 16.5 Å². The maximum atomic E-state index is 13.2. The van der Waals surface area contributed by atoms with E-state index in [1.54, 1.807) is 49.4 Å². The lowest BCUT2D eigenvalue weighted by Crippen LogP contribution is -2.11. The third-order valence-electron chi connectivity index (χ3n) is 4.04. The van der Waals surface area contributed by atoms with Gasteiger partial charge in [0, 0.05) is 27.7 Å². The fourth-order valence-electron chi connectivity index (χ4n) is 2.74. The van der Waals surface area contributed by atoms with Crippen LogP contribution in [0.15, 0.2) is 64.1 Å². The second-order valence-electron chi connectivity index (χ2n) is 5.92. The molecular weight excluding hydrogens is 430 g/mol. The van der Waals surface area contributed by atoms with E-state index in [1.807, 2.05) is 13.0 Å². The van der Waals surface area contributed by atoms with Crippen LogP contribution >= 0.6 is 15.9 Å². The van der Waals surface area contributed by atoms with Gasteiger partial charge in [0.15, 0.2) is 0 Å². The van der Waals surface area contributed by atoms with E-state index in [4.69, 9.17) is 4.74 Å². The van der Waals surface area contributed by atoms with Crippen LogP contribution in [0.25, 0.3) is 17.0 Å². The summed E-state index contributed by atoms with van der Waals surface area (Å²) in [5, 5.41) is 0.703. The zero-order valence-corrected chi connectivity index (χ0v) is 17.2. The van der Waals surface area contributed by atoms with Gasteiger partial charge in [-0.2, -0.15) is 0 Å². The highest BCUT2D eigenvalue weighted by atomic mass is 79.9. The topological polar surface area (TPSA) is 65.4 Å². The van der Waals surface area contributed by atoms with E-state index < -0.39 is 16.0 Å². The minimum atomic E-state index is -3.78. The third-order valence-corrected chi connectivity index (χ3v) is 6.39. The van der Waals surface area contributed by atoms with E-state index in [-0.39, 0.29) is 11.5 Å². The van der Waals surface area contributed by atoms with Gasteiger partial charge in [0.05, 0.1) is 17.0 Å². The van der Waals surface area contributed by atoms with Crippen LogP contribution in [0.3, 0.4) is 0 Å². The molecule has 0 bridgehead atoms. The van der Waals surface area contributed by atoms with Crippen molar-refractivity contribution in [1.29, 1.82) is 0 Å². The van der Waals surface area contributed by atoms with E-state index in [1.165, 1.54) is 16.2 Å². The summed E-state index contributed by atoms with van der Waals surface area (Å²) in [6.45, 7) is 3.90. The Hall–Kier alpha value is -2.38. The Morgan fingerprint density at radius 3 is 2.56 bits per heavy atom. The van der Waals surface area contributed by atoms with Crippen molar-refractivity contribution in [1.82, 2.24) is 3.97 Å². The maximum Gasteiger partial charge on any atom is 0.330 e. The molecule has 140 valence electrons. The molecule has 0 atom stereocenters. The number of rotatable bonds is 5. The summed E-state index contributed by atoms with van der Waals surface area (Å²) in [6, 6.07) is 12.0. The molecule has 0 saturated heterocycles. The van der Waals surface area contributed by atoms with Gasteiger partial charge in [-0.3, -0.25) is 0 Å². The highest BCUT2D eigenvalue weighted by molar-refractivity contribution is 9.10. The van der Waals surface area contributed by atoms with Crippen LogP contribution in [0.4, 0.5) is 0 Å². The number of esters is 1. The Balaban J connectivity index is 2.18. The molecule has 0 unspecified atom stereocenters. The number of aryl methyl sites for hydroxylation is 1. The van der Waals surface area contributed by atoms with Gasteiger partial charge in [0.25, 0.3) is 10.0 Å². The molecule has 27 heavy (non-hydrogen) atoms. The second kappa shape index (κ2) is 7.70. The first-order valence-electron chi connectivity index (χ1n) is 8.31. The average molecular weight is 448 g/mol. The molecule has 0 aliphatic carbocycles. The third kappa shape index (κ3) is 3.84. The maximum absolute atomic E-state index is 13.2. The summed E-state index contributed by atoms with van der Waals surface area (Å²) >= 11 is 3.47. The molecule has 0 amide bonds.